The van der Waals surface area contributed by atoms with E-state index in [4.69, 9.17) is 4.74 Å². The smallest absolute Gasteiger partial charge is 0.222 e. The minimum absolute atomic E-state index is 0.384. The summed E-state index contributed by atoms with van der Waals surface area (Å²) >= 11 is 0. The van der Waals surface area contributed by atoms with Gasteiger partial charge in [-0.05, 0) is 45.4 Å². The van der Waals surface area contributed by atoms with Crippen LogP contribution >= 0.6 is 0 Å². The molecule has 4 nitrogen and oxygen atoms in total. The molecule has 1 rings (SSSR count). The van der Waals surface area contributed by atoms with Gasteiger partial charge in [0, 0.05) is 32.5 Å². The highest BCUT2D eigenvalue weighted by atomic mass is 16.5. The number of likely N-dealkylation sites (tertiary alicyclic amines) is 1. The zero-order chi connectivity index (χ0) is 36.8. The third-order valence-corrected chi connectivity index (χ3v) is 12.2. The molecule has 1 saturated heterocycles. The standard InChI is InChI=1S/C47H95N2O2/c1-4-7-9-11-13-15-17-19-21-22-24-26-28-30-32-36-45-51-46-38-44-49(6-3,43-35-33-40-48-41-37-39-47(48)50)42-34-31-29-27-25-23-20-18-16-14-12-10-8-5-2/h4-46H2,1-3H3/q+1. The summed E-state index contributed by atoms with van der Waals surface area (Å²) in [7, 11) is 0. The zero-order valence-corrected chi connectivity index (χ0v) is 35.6. The van der Waals surface area contributed by atoms with Crippen molar-refractivity contribution in [2.75, 3.05) is 52.5 Å². The highest BCUT2D eigenvalue weighted by Gasteiger charge is 2.25. The second-order valence-corrected chi connectivity index (χ2v) is 16.9. The van der Waals surface area contributed by atoms with Crippen molar-refractivity contribution in [2.45, 2.75) is 245 Å². The van der Waals surface area contributed by atoms with Crippen molar-refractivity contribution in [3.63, 3.8) is 0 Å². The van der Waals surface area contributed by atoms with E-state index in [1.807, 2.05) is 0 Å². The van der Waals surface area contributed by atoms with E-state index in [0.29, 0.717) is 5.91 Å². The molecule has 0 aromatic carbocycles. The van der Waals surface area contributed by atoms with Crippen molar-refractivity contribution in [3.05, 3.63) is 0 Å². The van der Waals surface area contributed by atoms with Gasteiger partial charge in [-0.3, -0.25) is 4.79 Å². The first-order valence-electron chi connectivity index (χ1n) is 23.9. The molecule has 1 atom stereocenters. The van der Waals surface area contributed by atoms with Crippen LogP contribution in [0.2, 0.25) is 0 Å². The number of rotatable bonds is 42. The number of unbranched alkanes of at least 4 members (excludes halogenated alkanes) is 29. The number of hydrogen-bond acceptors (Lipinski definition) is 2. The number of carbonyl (C=O) groups is 1. The Balaban J connectivity index is 2.13. The van der Waals surface area contributed by atoms with Gasteiger partial charge in [0.1, 0.15) is 0 Å². The molecule has 1 aliphatic heterocycles. The summed E-state index contributed by atoms with van der Waals surface area (Å²) in [4.78, 5) is 14.2. The van der Waals surface area contributed by atoms with Gasteiger partial charge in [0.05, 0.1) is 32.8 Å². The fraction of sp³-hybridized carbons (Fsp3) is 0.979. The fourth-order valence-electron chi connectivity index (χ4n) is 8.50. The molecule has 4 heteroatoms. The minimum Gasteiger partial charge on any atom is -0.381 e. The summed E-state index contributed by atoms with van der Waals surface area (Å²) in [6, 6.07) is 0. The molecular weight excluding hydrogens is 625 g/mol. The van der Waals surface area contributed by atoms with Crippen molar-refractivity contribution in [2.24, 2.45) is 0 Å². The van der Waals surface area contributed by atoms with Crippen molar-refractivity contribution < 1.29 is 14.0 Å². The molecule has 1 amide bonds. The average molecular weight is 720 g/mol. The maximum absolute atomic E-state index is 12.1. The molecule has 0 aromatic rings. The number of amides is 1. The second kappa shape index (κ2) is 37.7. The SMILES string of the molecule is CCCCCCCCCCCCCCCCCCOCCC[N+](CC)(CCCCCCCCCCCCCCCC)CCCCN1CCCC1=O. The predicted octanol–water partition coefficient (Wildman–Crippen LogP) is 14.4. The van der Waals surface area contributed by atoms with Crippen LogP contribution in [0.25, 0.3) is 0 Å². The third-order valence-electron chi connectivity index (χ3n) is 12.2. The number of nitrogens with zero attached hydrogens (tertiary/aromatic N) is 2. The van der Waals surface area contributed by atoms with Gasteiger partial charge < -0.3 is 14.1 Å². The molecule has 0 N–H and O–H groups in total. The first-order chi connectivity index (χ1) is 25.2. The summed E-state index contributed by atoms with van der Waals surface area (Å²) in [6.07, 6.45) is 48.2. The lowest BCUT2D eigenvalue weighted by molar-refractivity contribution is -0.927. The highest BCUT2D eigenvalue weighted by Crippen LogP contribution is 2.19. The summed E-state index contributed by atoms with van der Waals surface area (Å²) in [5, 5.41) is 0. The van der Waals surface area contributed by atoms with Crippen LogP contribution in [-0.4, -0.2) is 67.8 Å². The van der Waals surface area contributed by atoms with Crippen LogP contribution in [0.15, 0.2) is 0 Å². The molecule has 0 aliphatic carbocycles. The predicted molar refractivity (Wildman–Crippen MR) is 226 cm³/mol. The normalized spacial score (nSPS) is 14.6. The second-order valence-electron chi connectivity index (χ2n) is 16.9. The molecule has 0 bridgehead atoms. The zero-order valence-electron chi connectivity index (χ0n) is 35.6. The first-order valence-corrected chi connectivity index (χ1v) is 23.9. The molecule has 0 spiro atoms. The van der Waals surface area contributed by atoms with E-state index >= 15 is 0 Å². The van der Waals surface area contributed by atoms with E-state index in [2.05, 4.69) is 25.7 Å². The van der Waals surface area contributed by atoms with Gasteiger partial charge in [-0.1, -0.05) is 187 Å². The van der Waals surface area contributed by atoms with Crippen LogP contribution in [0.1, 0.15) is 245 Å². The number of quaternary nitrogens is 1. The molecule has 0 aromatic heterocycles. The van der Waals surface area contributed by atoms with E-state index in [0.717, 1.165) is 39.1 Å². The third kappa shape index (κ3) is 30.4. The van der Waals surface area contributed by atoms with Crippen LogP contribution in [0.5, 0.6) is 0 Å². The first kappa shape index (κ1) is 48.4. The Bertz CT molecular complexity index is 714. The molecule has 51 heavy (non-hydrogen) atoms. The quantitative estimate of drug-likeness (QED) is 0.0464. The monoisotopic (exact) mass is 720 g/mol. The molecule has 1 unspecified atom stereocenters. The molecule has 1 heterocycles. The lowest BCUT2D eigenvalue weighted by atomic mass is 10.0. The van der Waals surface area contributed by atoms with E-state index < -0.39 is 0 Å². The summed E-state index contributed by atoms with van der Waals surface area (Å²) in [5.41, 5.74) is 0. The lowest BCUT2D eigenvalue weighted by Crippen LogP contribution is -2.50. The van der Waals surface area contributed by atoms with E-state index in [1.54, 1.807) is 0 Å². The van der Waals surface area contributed by atoms with Crippen LogP contribution in [0.3, 0.4) is 0 Å². The van der Waals surface area contributed by atoms with Gasteiger partial charge in [0.2, 0.25) is 5.91 Å². The Morgan fingerprint density at radius 3 is 1.20 bits per heavy atom. The molecule has 0 radical (unpaired) electrons. The largest absolute Gasteiger partial charge is 0.381 e. The Morgan fingerprint density at radius 1 is 0.451 bits per heavy atom. The number of carbonyl (C=O) groups excluding carboxylic acids is 1. The maximum Gasteiger partial charge on any atom is 0.222 e. The molecule has 1 fully saturated rings. The maximum atomic E-state index is 12.1. The van der Waals surface area contributed by atoms with Crippen LogP contribution in [0.4, 0.5) is 0 Å². The van der Waals surface area contributed by atoms with Crippen LogP contribution in [-0.2, 0) is 9.53 Å². The van der Waals surface area contributed by atoms with Gasteiger partial charge in [-0.15, -0.1) is 0 Å². The van der Waals surface area contributed by atoms with Gasteiger partial charge in [-0.2, -0.15) is 0 Å². The molecule has 1 aliphatic rings. The van der Waals surface area contributed by atoms with Crippen molar-refractivity contribution in [3.8, 4) is 0 Å². The summed E-state index contributed by atoms with van der Waals surface area (Å²) in [5.74, 6) is 0.384. The van der Waals surface area contributed by atoms with Gasteiger partial charge in [0.25, 0.3) is 0 Å². The number of hydrogen-bond donors (Lipinski definition) is 0. The molecular formula is C47H95N2O2+. The average Bonchev–Trinajstić information content (AvgIpc) is 3.56. The Hall–Kier alpha value is -0.610. The summed E-state index contributed by atoms with van der Waals surface area (Å²) in [6.45, 7) is 16.0. The van der Waals surface area contributed by atoms with E-state index in [9.17, 15) is 4.79 Å². The van der Waals surface area contributed by atoms with Crippen LogP contribution in [0, 0.1) is 0 Å². The Morgan fingerprint density at radius 2 is 0.804 bits per heavy atom. The summed E-state index contributed by atoms with van der Waals surface area (Å²) < 4.78 is 7.43. The van der Waals surface area contributed by atoms with E-state index in [-0.39, 0.29) is 0 Å². The van der Waals surface area contributed by atoms with Crippen molar-refractivity contribution >= 4 is 5.91 Å². The van der Waals surface area contributed by atoms with E-state index in [1.165, 1.54) is 243 Å². The highest BCUT2D eigenvalue weighted by molar-refractivity contribution is 5.77. The van der Waals surface area contributed by atoms with Gasteiger partial charge >= 0.3 is 0 Å². The Kier molecular flexibility index (Phi) is 35.8. The van der Waals surface area contributed by atoms with Crippen molar-refractivity contribution in [1.29, 1.82) is 0 Å². The molecule has 304 valence electrons. The topological polar surface area (TPSA) is 29.5 Å². The Labute approximate surface area is 322 Å². The number of ether oxygens (including phenoxy) is 1. The minimum atomic E-state index is 0.384. The van der Waals surface area contributed by atoms with Gasteiger partial charge in [-0.25, -0.2) is 0 Å². The fourth-order valence-corrected chi connectivity index (χ4v) is 8.50. The van der Waals surface area contributed by atoms with Gasteiger partial charge in [0.15, 0.2) is 0 Å². The molecule has 0 saturated carbocycles. The van der Waals surface area contributed by atoms with Crippen molar-refractivity contribution in [1.82, 2.24) is 4.90 Å². The lowest BCUT2D eigenvalue weighted by Gasteiger charge is -2.38. The van der Waals surface area contributed by atoms with Crippen LogP contribution < -0.4 is 0 Å².